The van der Waals surface area contributed by atoms with Crippen molar-refractivity contribution in [3.63, 3.8) is 0 Å². The van der Waals surface area contributed by atoms with E-state index in [2.05, 4.69) is 20.5 Å². The van der Waals surface area contributed by atoms with E-state index in [9.17, 15) is 0 Å². The SMILES string of the molecule is N/N=C(\NN)c1cnc(N)nc1. The fourth-order valence-electron chi connectivity index (χ4n) is 0.655. The largest absolute Gasteiger partial charge is 0.368 e. The molecule has 0 fully saturated rings. The van der Waals surface area contributed by atoms with Gasteiger partial charge in [0.15, 0.2) is 5.84 Å². The first-order valence-electron chi connectivity index (χ1n) is 3.10. The van der Waals surface area contributed by atoms with Crippen molar-refractivity contribution < 1.29 is 0 Å². The minimum atomic E-state index is 0.187. The first kappa shape index (κ1) is 8.21. The van der Waals surface area contributed by atoms with Crippen molar-refractivity contribution >= 4 is 11.8 Å². The molecule has 0 bridgehead atoms. The Labute approximate surface area is 68.6 Å². The van der Waals surface area contributed by atoms with E-state index in [1.165, 1.54) is 12.4 Å². The summed E-state index contributed by atoms with van der Waals surface area (Å²) >= 11 is 0. The molecule has 7 N–H and O–H groups in total. The van der Waals surface area contributed by atoms with Gasteiger partial charge in [-0.05, 0) is 0 Å². The zero-order valence-electron chi connectivity index (χ0n) is 6.23. The van der Waals surface area contributed by atoms with Gasteiger partial charge >= 0.3 is 0 Å². The van der Waals surface area contributed by atoms with E-state index in [1.807, 2.05) is 0 Å². The monoisotopic (exact) mass is 167 g/mol. The van der Waals surface area contributed by atoms with E-state index in [0.717, 1.165) is 0 Å². The highest BCUT2D eigenvalue weighted by Gasteiger charge is 2.00. The van der Waals surface area contributed by atoms with Crippen LogP contribution < -0.4 is 22.8 Å². The number of rotatable bonds is 1. The van der Waals surface area contributed by atoms with Crippen molar-refractivity contribution in [2.24, 2.45) is 16.8 Å². The lowest BCUT2D eigenvalue weighted by Gasteiger charge is -2.01. The average molecular weight is 167 g/mol. The second-order valence-electron chi connectivity index (χ2n) is 1.95. The van der Waals surface area contributed by atoms with Gasteiger partial charge in [0.2, 0.25) is 5.95 Å². The maximum Gasteiger partial charge on any atom is 0.219 e. The molecule has 0 atom stereocenters. The molecule has 0 aliphatic rings. The summed E-state index contributed by atoms with van der Waals surface area (Å²) in [5.74, 6) is 10.6. The molecule has 0 spiro atoms. The number of aromatic nitrogens is 2. The number of nitrogens with one attached hydrogen (secondary N) is 1. The molecular formula is C5H9N7. The van der Waals surface area contributed by atoms with Gasteiger partial charge in [-0.2, -0.15) is 5.10 Å². The van der Waals surface area contributed by atoms with Crippen molar-refractivity contribution in [3.05, 3.63) is 18.0 Å². The van der Waals surface area contributed by atoms with Crippen LogP contribution in [0.4, 0.5) is 5.95 Å². The van der Waals surface area contributed by atoms with E-state index < -0.39 is 0 Å². The van der Waals surface area contributed by atoms with Gasteiger partial charge in [0.1, 0.15) is 0 Å². The van der Waals surface area contributed by atoms with Crippen LogP contribution in [-0.4, -0.2) is 15.8 Å². The third-order valence-corrected chi connectivity index (χ3v) is 1.21. The number of hydrazine groups is 1. The molecule has 0 saturated carbocycles. The van der Waals surface area contributed by atoms with E-state index in [1.54, 1.807) is 0 Å². The summed E-state index contributed by atoms with van der Waals surface area (Å²) in [6, 6.07) is 0. The molecule has 12 heavy (non-hydrogen) atoms. The lowest BCUT2D eigenvalue weighted by atomic mass is 10.3. The van der Waals surface area contributed by atoms with Gasteiger partial charge in [-0.15, -0.1) is 0 Å². The fourth-order valence-corrected chi connectivity index (χ4v) is 0.655. The van der Waals surface area contributed by atoms with Crippen LogP contribution in [0.3, 0.4) is 0 Å². The van der Waals surface area contributed by atoms with Gasteiger partial charge in [-0.25, -0.2) is 15.8 Å². The zero-order valence-corrected chi connectivity index (χ0v) is 6.23. The molecule has 7 nitrogen and oxygen atoms in total. The average Bonchev–Trinajstić information content (AvgIpc) is 2.10. The maximum absolute atomic E-state index is 5.26. The third kappa shape index (κ3) is 1.58. The standard InChI is InChI=1S/C5H9N7/c6-5-9-1-3(2-10-5)4(11-7)12-8/h1-2H,7-8H2,(H,11,12)(H2,6,9,10). The van der Waals surface area contributed by atoms with E-state index in [4.69, 9.17) is 17.4 Å². The fraction of sp³-hybridized carbons (Fsp3) is 0. The number of nitrogens with zero attached hydrogens (tertiary/aromatic N) is 3. The molecule has 1 rings (SSSR count). The highest BCUT2D eigenvalue weighted by atomic mass is 15.3. The summed E-state index contributed by atoms with van der Waals surface area (Å²) < 4.78 is 0. The minimum absolute atomic E-state index is 0.187. The molecule has 0 aliphatic heterocycles. The summed E-state index contributed by atoms with van der Waals surface area (Å²) in [5, 5.41) is 3.37. The summed E-state index contributed by atoms with van der Waals surface area (Å²) in [5.41, 5.74) is 8.13. The Morgan fingerprint density at radius 3 is 2.42 bits per heavy atom. The second kappa shape index (κ2) is 3.49. The Balaban J connectivity index is 2.96. The molecule has 64 valence electrons. The van der Waals surface area contributed by atoms with E-state index in [-0.39, 0.29) is 5.95 Å². The summed E-state index contributed by atoms with van der Waals surface area (Å²) in [6.07, 6.45) is 2.93. The van der Waals surface area contributed by atoms with Crippen molar-refractivity contribution in [1.82, 2.24) is 15.4 Å². The van der Waals surface area contributed by atoms with E-state index in [0.29, 0.717) is 11.4 Å². The Morgan fingerprint density at radius 2 is 2.00 bits per heavy atom. The van der Waals surface area contributed by atoms with Crippen LogP contribution in [-0.2, 0) is 0 Å². The first-order chi connectivity index (χ1) is 5.77. The highest BCUT2D eigenvalue weighted by molar-refractivity contribution is 5.97. The highest BCUT2D eigenvalue weighted by Crippen LogP contribution is 1.95. The molecule has 1 heterocycles. The van der Waals surface area contributed by atoms with Crippen LogP contribution in [0.15, 0.2) is 17.5 Å². The lowest BCUT2D eigenvalue weighted by Crippen LogP contribution is -2.32. The zero-order chi connectivity index (χ0) is 8.97. The number of hydrazone groups is 1. The number of anilines is 1. The van der Waals surface area contributed by atoms with Gasteiger partial charge in [-0.1, -0.05) is 0 Å². The van der Waals surface area contributed by atoms with Crippen LogP contribution >= 0.6 is 0 Å². The van der Waals surface area contributed by atoms with Crippen LogP contribution in [0.5, 0.6) is 0 Å². The minimum Gasteiger partial charge on any atom is -0.368 e. The first-order valence-corrected chi connectivity index (χ1v) is 3.10. The second-order valence-corrected chi connectivity index (χ2v) is 1.95. The molecule has 1 aromatic rings. The van der Waals surface area contributed by atoms with Crippen LogP contribution in [0.25, 0.3) is 0 Å². The van der Waals surface area contributed by atoms with Crippen LogP contribution in [0, 0.1) is 0 Å². The van der Waals surface area contributed by atoms with Gasteiger partial charge in [0, 0.05) is 12.4 Å². The topological polar surface area (TPSA) is 128 Å². The van der Waals surface area contributed by atoms with Crippen molar-refractivity contribution in [3.8, 4) is 0 Å². The normalized spacial score (nSPS) is 11.2. The van der Waals surface area contributed by atoms with Crippen LogP contribution in [0.2, 0.25) is 0 Å². The number of amidine groups is 1. The number of nitrogen functional groups attached to an aromatic ring is 1. The predicted molar refractivity (Wildman–Crippen MR) is 44.5 cm³/mol. The molecular weight excluding hydrogens is 158 g/mol. The molecule has 0 saturated heterocycles. The Morgan fingerprint density at radius 1 is 1.42 bits per heavy atom. The summed E-state index contributed by atoms with van der Waals surface area (Å²) in [4.78, 5) is 7.46. The predicted octanol–water partition coefficient (Wildman–Crippen LogP) is -1.86. The maximum atomic E-state index is 5.26. The third-order valence-electron chi connectivity index (χ3n) is 1.21. The Kier molecular flexibility index (Phi) is 2.38. The van der Waals surface area contributed by atoms with Gasteiger partial charge in [0.05, 0.1) is 5.56 Å². The van der Waals surface area contributed by atoms with Crippen molar-refractivity contribution in [2.45, 2.75) is 0 Å². The summed E-state index contributed by atoms with van der Waals surface area (Å²) in [7, 11) is 0. The molecule has 0 aromatic carbocycles. The van der Waals surface area contributed by atoms with Crippen LogP contribution in [0.1, 0.15) is 5.56 Å². The van der Waals surface area contributed by atoms with Crippen molar-refractivity contribution in [1.29, 1.82) is 0 Å². The molecule has 7 heteroatoms. The van der Waals surface area contributed by atoms with Gasteiger partial charge in [0.25, 0.3) is 0 Å². The molecule has 1 aromatic heterocycles. The summed E-state index contributed by atoms with van der Waals surface area (Å²) in [6.45, 7) is 0. The Hall–Kier alpha value is -1.89. The number of nitrogens with two attached hydrogens (primary N) is 3. The number of hydrogen-bond donors (Lipinski definition) is 4. The molecule has 0 unspecified atom stereocenters. The van der Waals surface area contributed by atoms with Gasteiger partial charge in [-0.3, -0.25) is 0 Å². The molecule has 0 radical (unpaired) electrons. The van der Waals surface area contributed by atoms with Crippen molar-refractivity contribution in [2.75, 3.05) is 5.73 Å². The van der Waals surface area contributed by atoms with Gasteiger partial charge < -0.3 is 17.0 Å². The number of hydrogen-bond acceptors (Lipinski definition) is 6. The quantitative estimate of drug-likeness (QED) is 0.168. The smallest absolute Gasteiger partial charge is 0.219 e. The molecule has 0 aliphatic carbocycles. The Bertz CT molecular complexity index is 276. The molecule has 0 amide bonds. The lowest BCUT2D eigenvalue weighted by molar-refractivity contribution is 0.997. The van der Waals surface area contributed by atoms with E-state index >= 15 is 0 Å².